The van der Waals surface area contributed by atoms with Crippen molar-refractivity contribution in [2.75, 3.05) is 0 Å². The highest BCUT2D eigenvalue weighted by atomic mass is 16.2. The minimum absolute atomic E-state index is 0.179. The predicted molar refractivity (Wildman–Crippen MR) is 110 cm³/mol. The third-order valence-corrected chi connectivity index (χ3v) is 5.00. The highest BCUT2D eigenvalue weighted by molar-refractivity contribution is 6.07. The zero-order valence-electron chi connectivity index (χ0n) is 15.8. The molecule has 0 atom stereocenters. The average Bonchev–Trinajstić information content (AvgIpc) is 2.74. The van der Waals surface area contributed by atoms with Crippen LogP contribution in [0.3, 0.4) is 0 Å². The summed E-state index contributed by atoms with van der Waals surface area (Å²) in [7, 11) is 0. The van der Waals surface area contributed by atoms with Crippen molar-refractivity contribution in [3.63, 3.8) is 0 Å². The number of amides is 1. The first-order valence-electron chi connectivity index (χ1n) is 9.64. The first-order chi connectivity index (χ1) is 13.7. The van der Waals surface area contributed by atoms with Gasteiger partial charge in [0.15, 0.2) is 5.69 Å². The molecule has 0 aliphatic heterocycles. The maximum atomic E-state index is 12.9. The van der Waals surface area contributed by atoms with Crippen molar-refractivity contribution in [3.05, 3.63) is 75.7 Å². The molecule has 1 aliphatic carbocycles. The van der Waals surface area contributed by atoms with Crippen molar-refractivity contribution >= 4 is 22.4 Å². The topological polar surface area (TPSA) is 76.3 Å². The molecule has 3 aromatic rings. The van der Waals surface area contributed by atoms with E-state index in [1.54, 1.807) is 24.3 Å². The Labute approximate surface area is 162 Å². The number of aryl methyl sites for hydroxylation is 2. The smallest absolute Gasteiger partial charge is 0.267 e. The third kappa shape index (κ3) is 3.33. The highest BCUT2D eigenvalue weighted by Gasteiger charge is 2.18. The molecule has 2 aromatic carbocycles. The lowest BCUT2D eigenvalue weighted by Crippen LogP contribution is -2.29. The number of aromatic nitrogens is 2. The van der Waals surface area contributed by atoms with Crippen LogP contribution in [-0.4, -0.2) is 21.4 Å². The van der Waals surface area contributed by atoms with Gasteiger partial charge in [0, 0.05) is 17.5 Å². The molecule has 0 saturated carbocycles. The SMILES string of the molecule is CCCn1nc(C(=O)N/N=C2\CCCc3ccccc32)c2ccccc2c1=O. The molecule has 4 rings (SSSR count). The second-order valence-corrected chi connectivity index (χ2v) is 6.93. The van der Waals surface area contributed by atoms with E-state index in [0.29, 0.717) is 17.3 Å². The normalized spacial score (nSPS) is 14.8. The molecule has 28 heavy (non-hydrogen) atoms. The maximum absolute atomic E-state index is 12.9. The molecule has 1 heterocycles. The highest BCUT2D eigenvalue weighted by Crippen LogP contribution is 2.21. The summed E-state index contributed by atoms with van der Waals surface area (Å²) in [6.07, 6.45) is 3.61. The molecule has 0 saturated heterocycles. The Balaban J connectivity index is 1.71. The number of carbonyl (C=O) groups excluding carboxylic acids is 1. The van der Waals surface area contributed by atoms with Crippen LogP contribution in [0.1, 0.15) is 47.8 Å². The molecular weight excluding hydrogens is 352 g/mol. The lowest BCUT2D eigenvalue weighted by Gasteiger charge is -2.17. The summed E-state index contributed by atoms with van der Waals surface area (Å²) in [4.78, 5) is 25.5. The molecule has 142 valence electrons. The van der Waals surface area contributed by atoms with Gasteiger partial charge in [0.25, 0.3) is 11.5 Å². The Kier molecular flexibility index (Phi) is 5.02. The Hall–Kier alpha value is -3.28. The van der Waals surface area contributed by atoms with Gasteiger partial charge in [-0.05, 0) is 37.3 Å². The average molecular weight is 374 g/mol. The fourth-order valence-corrected chi connectivity index (χ4v) is 3.65. The third-order valence-electron chi connectivity index (χ3n) is 5.00. The van der Waals surface area contributed by atoms with Crippen molar-refractivity contribution in [2.45, 2.75) is 39.2 Å². The summed E-state index contributed by atoms with van der Waals surface area (Å²) >= 11 is 0. The summed E-state index contributed by atoms with van der Waals surface area (Å²) < 4.78 is 1.36. The molecule has 0 radical (unpaired) electrons. The number of hydrazone groups is 1. The Morgan fingerprint density at radius 3 is 2.68 bits per heavy atom. The number of fused-ring (bicyclic) bond motifs is 2. The number of hydrogen-bond donors (Lipinski definition) is 1. The van der Waals surface area contributed by atoms with Gasteiger partial charge in [-0.3, -0.25) is 9.59 Å². The van der Waals surface area contributed by atoms with Gasteiger partial charge < -0.3 is 0 Å². The minimum atomic E-state index is -0.406. The van der Waals surface area contributed by atoms with Crippen LogP contribution in [0.2, 0.25) is 0 Å². The van der Waals surface area contributed by atoms with E-state index in [-0.39, 0.29) is 11.3 Å². The Morgan fingerprint density at radius 1 is 1.11 bits per heavy atom. The zero-order valence-corrected chi connectivity index (χ0v) is 15.8. The number of nitrogens with one attached hydrogen (secondary N) is 1. The summed E-state index contributed by atoms with van der Waals surface area (Å²) in [5, 5.41) is 9.75. The summed E-state index contributed by atoms with van der Waals surface area (Å²) in [5.74, 6) is -0.406. The molecule has 6 heteroatoms. The molecular formula is C22H22N4O2. The standard InChI is InChI=1S/C22H22N4O2/c1-2-14-26-22(28)18-12-6-5-11-17(18)20(25-26)21(27)24-23-19-13-7-9-15-8-3-4-10-16(15)19/h3-6,8,10-12H,2,7,9,13-14H2,1H3,(H,24,27)/b23-19+. The van der Waals surface area contributed by atoms with Gasteiger partial charge in [-0.25, -0.2) is 10.1 Å². The number of nitrogens with zero attached hydrogens (tertiary/aromatic N) is 3. The van der Waals surface area contributed by atoms with E-state index in [1.165, 1.54) is 10.2 Å². The van der Waals surface area contributed by atoms with Crippen LogP contribution < -0.4 is 11.0 Å². The molecule has 0 spiro atoms. The van der Waals surface area contributed by atoms with Crippen LogP contribution in [0.15, 0.2) is 58.4 Å². The summed E-state index contributed by atoms with van der Waals surface area (Å²) in [6, 6.07) is 15.2. The van der Waals surface area contributed by atoms with Crippen LogP contribution in [-0.2, 0) is 13.0 Å². The lowest BCUT2D eigenvalue weighted by atomic mass is 9.90. The minimum Gasteiger partial charge on any atom is -0.267 e. The molecule has 1 aliphatic rings. The quantitative estimate of drug-likeness (QED) is 0.712. The van der Waals surface area contributed by atoms with Gasteiger partial charge in [0.05, 0.1) is 11.1 Å². The Morgan fingerprint density at radius 2 is 1.86 bits per heavy atom. The van der Waals surface area contributed by atoms with E-state index >= 15 is 0 Å². The monoisotopic (exact) mass is 374 g/mol. The van der Waals surface area contributed by atoms with Crippen molar-refractivity contribution in [1.82, 2.24) is 15.2 Å². The number of rotatable bonds is 4. The molecule has 1 amide bonds. The predicted octanol–water partition coefficient (Wildman–Crippen LogP) is 3.28. The zero-order chi connectivity index (χ0) is 19.5. The molecule has 1 aromatic heterocycles. The van der Waals surface area contributed by atoms with Gasteiger partial charge in [0.2, 0.25) is 0 Å². The molecule has 6 nitrogen and oxygen atoms in total. The second kappa shape index (κ2) is 7.76. The number of hydrogen-bond acceptors (Lipinski definition) is 4. The van der Waals surface area contributed by atoms with Crippen LogP contribution in [0.4, 0.5) is 0 Å². The molecule has 1 N–H and O–H groups in total. The van der Waals surface area contributed by atoms with Gasteiger partial charge in [0.1, 0.15) is 0 Å². The fourth-order valence-electron chi connectivity index (χ4n) is 3.65. The van der Waals surface area contributed by atoms with Crippen molar-refractivity contribution in [3.8, 4) is 0 Å². The molecule has 0 bridgehead atoms. The van der Waals surface area contributed by atoms with E-state index in [9.17, 15) is 9.59 Å². The van der Waals surface area contributed by atoms with Crippen LogP contribution in [0, 0.1) is 0 Å². The van der Waals surface area contributed by atoms with Crippen molar-refractivity contribution in [1.29, 1.82) is 0 Å². The molecule has 0 fully saturated rings. The number of carbonyl (C=O) groups is 1. The van der Waals surface area contributed by atoms with Crippen molar-refractivity contribution in [2.24, 2.45) is 5.10 Å². The summed E-state index contributed by atoms with van der Waals surface area (Å²) in [5.41, 5.74) is 5.92. The first kappa shape index (κ1) is 18.1. The first-order valence-corrected chi connectivity index (χ1v) is 9.64. The van der Waals surface area contributed by atoms with Crippen LogP contribution in [0.5, 0.6) is 0 Å². The van der Waals surface area contributed by atoms with Gasteiger partial charge >= 0.3 is 0 Å². The van der Waals surface area contributed by atoms with Gasteiger partial charge in [-0.15, -0.1) is 0 Å². The Bertz CT molecular complexity index is 1130. The van der Waals surface area contributed by atoms with E-state index < -0.39 is 5.91 Å². The maximum Gasteiger partial charge on any atom is 0.292 e. The summed E-state index contributed by atoms with van der Waals surface area (Å²) in [6.45, 7) is 2.43. The van der Waals surface area contributed by atoms with E-state index in [4.69, 9.17) is 0 Å². The van der Waals surface area contributed by atoms with Gasteiger partial charge in [-0.1, -0.05) is 49.4 Å². The van der Waals surface area contributed by atoms with Gasteiger partial charge in [-0.2, -0.15) is 10.2 Å². The van der Waals surface area contributed by atoms with Crippen LogP contribution >= 0.6 is 0 Å². The second-order valence-electron chi connectivity index (χ2n) is 6.93. The van der Waals surface area contributed by atoms with Crippen LogP contribution in [0.25, 0.3) is 10.8 Å². The lowest BCUT2D eigenvalue weighted by molar-refractivity contribution is 0.0949. The van der Waals surface area contributed by atoms with E-state index in [0.717, 1.165) is 37.0 Å². The van der Waals surface area contributed by atoms with E-state index in [2.05, 4.69) is 21.7 Å². The van der Waals surface area contributed by atoms with Crippen molar-refractivity contribution < 1.29 is 4.79 Å². The largest absolute Gasteiger partial charge is 0.292 e. The number of benzene rings is 2. The van der Waals surface area contributed by atoms with E-state index in [1.807, 2.05) is 25.1 Å². The molecule has 0 unspecified atom stereocenters. The fraction of sp³-hybridized carbons (Fsp3) is 0.273.